The minimum Gasteiger partial charge on any atom is -0.469 e. The fourth-order valence-corrected chi connectivity index (χ4v) is 4.25. The number of sulfonamides is 1. The number of hydrogen-bond donors (Lipinski definition) is 1. The topological polar surface area (TPSA) is 125 Å². The lowest BCUT2D eigenvalue weighted by atomic mass is 10.1. The second-order valence-corrected chi connectivity index (χ2v) is 7.87. The van der Waals surface area contributed by atoms with E-state index in [1.807, 2.05) is 0 Å². The zero-order chi connectivity index (χ0) is 19.3. The van der Waals surface area contributed by atoms with Gasteiger partial charge in [-0.05, 0) is 24.6 Å². The number of carbonyl (C=O) groups is 2. The molecular weight excluding hydrogens is 382 g/mol. The summed E-state index contributed by atoms with van der Waals surface area (Å²) in [4.78, 5) is 22.7. The normalized spacial score (nSPS) is 11.0. The number of aryl methyl sites for hydroxylation is 2. The number of rotatable bonds is 7. The molecule has 0 saturated carbocycles. The minimum absolute atomic E-state index is 0.0627. The van der Waals surface area contributed by atoms with Crippen molar-refractivity contribution in [2.75, 3.05) is 18.9 Å². The van der Waals surface area contributed by atoms with Crippen molar-refractivity contribution in [3.63, 3.8) is 0 Å². The van der Waals surface area contributed by atoms with Gasteiger partial charge in [0.25, 0.3) is 10.0 Å². The van der Waals surface area contributed by atoms with Gasteiger partial charge in [0, 0.05) is 6.42 Å². The summed E-state index contributed by atoms with van der Waals surface area (Å²) >= 11 is 1.02. The molecule has 0 atom stereocenters. The fourth-order valence-electron chi connectivity index (χ4n) is 2.01. The standard InChI is InChI=1S/C15H17N3O6S2/c1-9-4-5-10(14(20)24-3)8-11(9)26(21,22)18-15-17-16-12(25-15)6-7-13(19)23-2/h4-5,8H,6-7H2,1-3H3,(H,17,18). The molecule has 0 aliphatic rings. The number of benzene rings is 1. The zero-order valence-corrected chi connectivity index (χ0v) is 15.9. The Bertz CT molecular complexity index is 923. The molecule has 0 aliphatic heterocycles. The van der Waals surface area contributed by atoms with Gasteiger partial charge in [-0.2, -0.15) is 0 Å². The van der Waals surface area contributed by atoms with E-state index in [9.17, 15) is 18.0 Å². The first-order chi connectivity index (χ1) is 12.3. The molecular formula is C15H17N3O6S2. The summed E-state index contributed by atoms with van der Waals surface area (Å²) in [6, 6.07) is 4.24. The van der Waals surface area contributed by atoms with Gasteiger partial charge in [-0.3, -0.25) is 9.52 Å². The number of nitrogens with zero attached hydrogens (tertiary/aromatic N) is 2. The third-order valence-electron chi connectivity index (χ3n) is 3.36. The zero-order valence-electron chi connectivity index (χ0n) is 14.3. The first-order valence-corrected chi connectivity index (χ1v) is 9.67. The van der Waals surface area contributed by atoms with Crippen LogP contribution in [-0.4, -0.2) is 44.8 Å². The summed E-state index contributed by atoms with van der Waals surface area (Å²) in [7, 11) is -1.47. The van der Waals surface area contributed by atoms with Crippen LogP contribution < -0.4 is 4.72 Å². The van der Waals surface area contributed by atoms with E-state index in [0.717, 1.165) is 11.3 Å². The van der Waals surface area contributed by atoms with E-state index in [0.29, 0.717) is 17.0 Å². The summed E-state index contributed by atoms with van der Waals surface area (Å²) in [5, 5.41) is 8.17. The number of methoxy groups -OCH3 is 2. The third-order valence-corrected chi connectivity index (χ3v) is 5.87. The molecule has 11 heteroatoms. The maximum Gasteiger partial charge on any atom is 0.337 e. The van der Waals surface area contributed by atoms with Crippen molar-refractivity contribution in [2.45, 2.75) is 24.7 Å². The molecule has 0 saturated heterocycles. The van der Waals surface area contributed by atoms with Crippen LogP contribution in [0.2, 0.25) is 0 Å². The lowest BCUT2D eigenvalue weighted by Gasteiger charge is -2.09. The van der Waals surface area contributed by atoms with Crippen LogP contribution in [0.15, 0.2) is 23.1 Å². The molecule has 1 aromatic carbocycles. The molecule has 1 heterocycles. The molecule has 0 unspecified atom stereocenters. The average molecular weight is 399 g/mol. The van der Waals surface area contributed by atoms with Gasteiger partial charge in [0.15, 0.2) is 0 Å². The summed E-state index contributed by atoms with van der Waals surface area (Å²) < 4.78 is 36.7. The van der Waals surface area contributed by atoms with Crippen LogP contribution in [0.1, 0.15) is 27.3 Å². The Morgan fingerprint density at radius 1 is 1.19 bits per heavy atom. The largest absolute Gasteiger partial charge is 0.469 e. The highest BCUT2D eigenvalue weighted by Gasteiger charge is 2.21. The highest BCUT2D eigenvalue weighted by Crippen LogP contribution is 2.23. The molecule has 2 rings (SSSR count). The molecule has 9 nitrogen and oxygen atoms in total. The summed E-state index contributed by atoms with van der Waals surface area (Å²) in [6.07, 6.45) is 0.418. The highest BCUT2D eigenvalue weighted by atomic mass is 32.2. The van der Waals surface area contributed by atoms with Crippen molar-refractivity contribution in [1.29, 1.82) is 0 Å². The first-order valence-electron chi connectivity index (χ1n) is 7.38. The quantitative estimate of drug-likeness (QED) is 0.695. The molecule has 140 valence electrons. The number of ether oxygens (including phenoxy) is 2. The molecule has 0 fully saturated rings. The second kappa shape index (κ2) is 8.23. The van der Waals surface area contributed by atoms with Crippen LogP contribution >= 0.6 is 11.3 Å². The van der Waals surface area contributed by atoms with Gasteiger partial charge in [-0.25, -0.2) is 13.2 Å². The predicted molar refractivity (Wildman–Crippen MR) is 93.6 cm³/mol. The molecule has 1 N–H and O–H groups in total. The predicted octanol–water partition coefficient (Wildman–Crippen LogP) is 1.54. The van der Waals surface area contributed by atoms with E-state index in [-0.39, 0.29) is 22.0 Å². The van der Waals surface area contributed by atoms with Crippen LogP contribution in [0.5, 0.6) is 0 Å². The smallest absolute Gasteiger partial charge is 0.337 e. The van der Waals surface area contributed by atoms with E-state index < -0.39 is 22.0 Å². The third kappa shape index (κ3) is 4.76. The molecule has 26 heavy (non-hydrogen) atoms. The van der Waals surface area contributed by atoms with Crippen molar-refractivity contribution in [1.82, 2.24) is 10.2 Å². The number of nitrogens with one attached hydrogen (secondary N) is 1. The lowest BCUT2D eigenvalue weighted by Crippen LogP contribution is -2.15. The van der Waals surface area contributed by atoms with E-state index in [1.54, 1.807) is 6.92 Å². The van der Waals surface area contributed by atoms with Crippen LogP contribution in [0, 0.1) is 6.92 Å². The van der Waals surface area contributed by atoms with Gasteiger partial charge >= 0.3 is 11.9 Å². The average Bonchev–Trinajstić information content (AvgIpc) is 3.05. The van der Waals surface area contributed by atoms with Crippen molar-refractivity contribution in [3.8, 4) is 0 Å². The Balaban J connectivity index is 2.20. The second-order valence-electron chi connectivity index (χ2n) is 5.15. The maximum atomic E-state index is 12.6. The van der Waals surface area contributed by atoms with Crippen molar-refractivity contribution in [3.05, 3.63) is 34.3 Å². The van der Waals surface area contributed by atoms with Crippen LogP contribution in [-0.2, 0) is 30.7 Å². The summed E-state index contributed by atoms with van der Waals surface area (Å²) in [5.74, 6) is -1.03. The Labute approximate surface area is 154 Å². The van der Waals surface area contributed by atoms with E-state index in [4.69, 9.17) is 0 Å². The van der Waals surface area contributed by atoms with Gasteiger partial charge in [0.05, 0.1) is 31.1 Å². The van der Waals surface area contributed by atoms with E-state index in [1.165, 1.54) is 32.4 Å². The molecule has 0 bridgehead atoms. The molecule has 2 aromatic rings. The van der Waals surface area contributed by atoms with Crippen molar-refractivity contribution in [2.24, 2.45) is 0 Å². The van der Waals surface area contributed by atoms with Gasteiger partial charge in [0.2, 0.25) is 5.13 Å². The van der Waals surface area contributed by atoms with E-state index >= 15 is 0 Å². The number of aromatic nitrogens is 2. The number of carbonyl (C=O) groups excluding carboxylic acids is 2. The van der Waals surface area contributed by atoms with E-state index in [2.05, 4.69) is 24.4 Å². The molecule has 0 radical (unpaired) electrons. The maximum absolute atomic E-state index is 12.6. The van der Waals surface area contributed by atoms with Gasteiger partial charge in [-0.1, -0.05) is 17.4 Å². The minimum atomic E-state index is -3.97. The fraction of sp³-hybridized carbons (Fsp3) is 0.333. The number of esters is 2. The van der Waals surface area contributed by atoms with Gasteiger partial charge in [-0.15, -0.1) is 10.2 Å². The molecule has 0 spiro atoms. The highest BCUT2D eigenvalue weighted by molar-refractivity contribution is 7.93. The molecule has 0 aliphatic carbocycles. The monoisotopic (exact) mass is 399 g/mol. The Morgan fingerprint density at radius 2 is 1.92 bits per heavy atom. The number of hydrogen-bond acceptors (Lipinski definition) is 9. The van der Waals surface area contributed by atoms with Crippen molar-refractivity contribution >= 4 is 38.4 Å². The first kappa shape index (κ1) is 19.8. The Hall–Kier alpha value is -2.53. The van der Waals surface area contributed by atoms with Crippen molar-refractivity contribution < 1.29 is 27.5 Å². The lowest BCUT2D eigenvalue weighted by molar-refractivity contribution is -0.140. The van der Waals surface area contributed by atoms with Crippen LogP contribution in [0.25, 0.3) is 0 Å². The number of anilines is 1. The summed E-state index contributed by atoms with van der Waals surface area (Å²) in [6.45, 7) is 1.61. The van der Waals surface area contributed by atoms with Gasteiger partial charge in [0.1, 0.15) is 5.01 Å². The van der Waals surface area contributed by atoms with Crippen LogP contribution in [0.4, 0.5) is 5.13 Å². The Kier molecular flexibility index (Phi) is 6.27. The molecule has 1 aromatic heterocycles. The summed E-state index contributed by atoms with van der Waals surface area (Å²) in [5.41, 5.74) is 0.579. The van der Waals surface area contributed by atoms with Gasteiger partial charge < -0.3 is 9.47 Å². The Morgan fingerprint density at radius 3 is 2.58 bits per heavy atom. The SMILES string of the molecule is COC(=O)CCc1nnc(NS(=O)(=O)c2cc(C(=O)OC)ccc2C)s1. The van der Waals surface area contributed by atoms with Crippen LogP contribution in [0.3, 0.4) is 0 Å². The molecule has 0 amide bonds.